The number of ketones is 1. The topological polar surface area (TPSA) is 143 Å². The maximum Gasteiger partial charge on any atom is 0.266 e. The zero-order chi connectivity index (χ0) is 19.8. The Balaban J connectivity index is 1.73. The summed E-state index contributed by atoms with van der Waals surface area (Å²) >= 11 is 0. The minimum atomic E-state index is -0.848. The summed E-state index contributed by atoms with van der Waals surface area (Å²) in [6.45, 7) is 4.00. The molecular weight excluding hydrogens is 352 g/mol. The average Bonchev–Trinajstić information content (AvgIpc) is 3.28. The van der Waals surface area contributed by atoms with Gasteiger partial charge in [-0.1, -0.05) is 6.92 Å². The number of carbonyl (C=O) groups excluding carboxylic acids is 2. The Hall–Kier alpha value is -2.23. The van der Waals surface area contributed by atoms with Gasteiger partial charge in [-0.05, 0) is 51.0 Å². The van der Waals surface area contributed by atoms with E-state index in [1.165, 1.54) is 0 Å². The molecule has 3 unspecified atom stereocenters. The first-order valence-corrected chi connectivity index (χ1v) is 9.67. The van der Waals surface area contributed by atoms with Gasteiger partial charge in [0.25, 0.3) is 5.96 Å². The molecule has 0 bridgehead atoms. The van der Waals surface area contributed by atoms with E-state index in [9.17, 15) is 19.7 Å². The van der Waals surface area contributed by atoms with E-state index in [1.54, 1.807) is 4.90 Å². The second-order valence-electron chi connectivity index (χ2n) is 7.41. The lowest BCUT2D eigenvalue weighted by molar-refractivity contribution is -0.485. The Morgan fingerprint density at radius 2 is 2.19 bits per heavy atom. The number of nitrogens with one attached hydrogen (secondary N) is 2. The third-order valence-corrected chi connectivity index (χ3v) is 5.18. The highest BCUT2D eigenvalue weighted by molar-refractivity contribution is 5.91. The molecule has 2 aliphatic rings. The summed E-state index contributed by atoms with van der Waals surface area (Å²) in [5, 5.41) is 18.2. The fourth-order valence-electron chi connectivity index (χ4n) is 3.83. The Labute approximate surface area is 159 Å². The van der Waals surface area contributed by atoms with Crippen LogP contribution < -0.4 is 16.4 Å². The van der Waals surface area contributed by atoms with E-state index in [0.29, 0.717) is 19.5 Å². The van der Waals surface area contributed by atoms with E-state index in [2.05, 4.69) is 15.7 Å². The number of nitrogens with two attached hydrogens (primary N) is 1. The first-order valence-electron chi connectivity index (χ1n) is 9.67. The number of rotatable bonds is 9. The van der Waals surface area contributed by atoms with Gasteiger partial charge in [-0.3, -0.25) is 9.59 Å². The number of likely N-dealkylation sites (tertiary alicyclic amines) is 1. The SMILES string of the molecule is CC(CCCNC(N)=N[N+](=O)[O-])CC(=O)C1CCCN1C(=O)C1CCCN1. The van der Waals surface area contributed by atoms with Crippen molar-refractivity contribution in [3.05, 3.63) is 10.1 Å². The van der Waals surface area contributed by atoms with Crippen LogP contribution in [0.3, 0.4) is 0 Å². The van der Waals surface area contributed by atoms with Crippen LogP contribution in [-0.4, -0.2) is 59.3 Å². The smallest absolute Gasteiger partial charge is 0.266 e. The Bertz CT molecular complexity index is 576. The zero-order valence-electron chi connectivity index (χ0n) is 15.9. The molecule has 2 saturated heterocycles. The van der Waals surface area contributed by atoms with Gasteiger partial charge in [-0.2, -0.15) is 0 Å². The molecule has 3 atom stereocenters. The molecule has 4 N–H and O–H groups in total. The molecule has 1 amide bonds. The highest BCUT2D eigenvalue weighted by atomic mass is 16.7. The number of amides is 1. The summed E-state index contributed by atoms with van der Waals surface area (Å²) < 4.78 is 0. The Morgan fingerprint density at radius 1 is 1.41 bits per heavy atom. The number of hydrogen-bond donors (Lipinski definition) is 3. The van der Waals surface area contributed by atoms with Gasteiger partial charge in [-0.25, -0.2) is 10.1 Å². The third-order valence-electron chi connectivity index (χ3n) is 5.18. The van der Waals surface area contributed by atoms with Crippen molar-refractivity contribution in [1.29, 1.82) is 0 Å². The number of guanidine groups is 1. The van der Waals surface area contributed by atoms with Crippen molar-refractivity contribution in [2.24, 2.45) is 16.8 Å². The van der Waals surface area contributed by atoms with E-state index in [-0.39, 0.29) is 35.7 Å². The summed E-state index contributed by atoms with van der Waals surface area (Å²) in [6, 6.07) is -0.420. The normalized spacial score (nSPS) is 24.0. The summed E-state index contributed by atoms with van der Waals surface area (Å²) in [5.74, 6) is 0.161. The maximum absolute atomic E-state index is 12.7. The van der Waals surface area contributed by atoms with Crippen LogP contribution in [0.25, 0.3) is 0 Å². The quantitative estimate of drug-likeness (QED) is 0.170. The maximum atomic E-state index is 12.7. The summed E-state index contributed by atoms with van der Waals surface area (Å²) in [6.07, 6.45) is 5.43. The van der Waals surface area contributed by atoms with Gasteiger partial charge in [0, 0.05) is 19.5 Å². The molecule has 2 rings (SSSR count). The van der Waals surface area contributed by atoms with Crippen molar-refractivity contribution in [2.45, 2.75) is 64.0 Å². The lowest BCUT2D eigenvalue weighted by Gasteiger charge is -2.27. The largest absolute Gasteiger partial charge is 0.365 e. The average molecular weight is 382 g/mol. The zero-order valence-corrected chi connectivity index (χ0v) is 15.9. The van der Waals surface area contributed by atoms with Crippen LogP contribution in [-0.2, 0) is 9.59 Å². The van der Waals surface area contributed by atoms with E-state index in [1.807, 2.05) is 6.92 Å². The molecule has 0 spiro atoms. The number of carbonyl (C=O) groups is 2. The van der Waals surface area contributed by atoms with Gasteiger partial charge >= 0.3 is 0 Å². The van der Waals surface area contributed by atoms with E-state index in [0.717, 1.165) is 45.1 Å². The molecule has 2 heterocycles. The van der Waals surface area contributed by atoms with Gasteiger partial charge in [-0.15, -0.1) is 0 Å². The lowest BCUT2D eigenvalue weighted by atomic mass is 9.95. The van der Waals surface area contributed by atoms with Crippen LogP contribution in [0.15, 0.2) is 5.10 Å². The summed E-state index contributed by atoms with van der Waals surface area (Å²) in [7, 11) is 0. The molecule has 2 aliphatic heterocycles. The van der Waals surface area contributed by atoms with Crippen molar-refractivity contribution in [1.82, 2.24) is 15.5 Å². The van der Waals surface area contributed by atoms with Crippen molar-refractivity contribution in [3.8, 4) is 0 Å². The minimum absolute atomic E-state index is 0.0701. The molecule has 27 heavy (non-hydrogen) atoms. The van der Waals surface area contributed by atoms with Crippen LogP contribution in [0.4, 0.5) is 0 Å². The van der Waals surface area contributed by atoms with Gasteiger partial charge in [0.1, 0.15) is 5.10 Å². The standard InChI is InChI=1S/C17H30N6O4/c1-12(5-2-9-20-17(18)21-23(26)27)11-15(24)14-7-4-10-22(14)16(25)13-6-3-8-19-13/h12-14,19H,2-11H2,1H3,(H3,18,20,21). The number of nitro groups is 1. The summed E-state index contributed by atoms with van der Waals surface area (Å²) in [4.78, 5) is 37.3. The van der Waals surface area contributed by atoms with Crippen molar-refractivity contribution >= 4 is 17.6 Å². The van der Waals surface area contributed by atoms with Crippen molar-refractivity contribution in [2.75, 3.05) is 19.6 Å². The second kappa shape index (κ2) is 10.2. The predicted octanol–water partition coefficient (Wildman–Crippen LogP) is 0.201. The fraction of sp³-hybridized carbons (Fsp3) is 0.824. The van der Waals surface area contributed by atoms with Crippen molar-refractivity contribution in [3.63, 3.8) is 0 Å². The van der Waals surface area contributed by atoms with Crippen LogP contribution in [0.1, 0.15) is 51.9 Å². The van der Waals surface area contributed by atoms with Gasteiger partial charge < -0.3 is 21.3 Å². The van der Waals surface area contributed by atoms with Gasteiger partial charge in [0.2, 0.25) is 5.91 Å². The van der Waals surface area contributed by atoms with E-state index < -0.39 is 5.03 Å². The van der Waals surface area contributed by atoms with Crippen LogP contribution >= 0.6 is 0 Å². The molecule has 152 valence electrons. The minimum Gasteiger partial charge on any atom is -0.365 e. The highest BCUT2D eigenvalue weighted by Gasteiger charge is 2.37. The molecule has 2 fully saturated rings. The monoisotopic (exact) mass is 382 g/mol. The number of nitrogens with zero attached hydrogens (tertiary/aromatic N) is 3. The number of hydrogen-bond acceptors (Lipinski definition) is 5. The molecule has 0 radical (unpaired) electrons. The Kier molecular flexibility index (Phi) is 7.96. The molecule has 0 aromatic carbocycles. The van der Waals surface area contributed by atoms with Crippen molar-refractivity contribution < 1.29 is 14.6 Å². The van der Waals surface area contributed by atoms with Crippen LogP contribution in [0.2, 0.25) is 0 Å². The molecule has 0 aromatic heterocycles. The van der Waals surface area contributed by atoms with E-state index in [4.69, 9.17) is 5.73 Å². The molecular formula is C17H30N6O4. The summed E-state index contributed by atoms with van der Waals surface area (Å²) in [5.41, 5.74) is 5.35. The first-order chi connectivity index (χ1) is 12.9. The molecule has 0 saturated carbocycles. The van der Waals surface area contributed by atoms with Gasteiger partial charge in [0.15, 0.2) is 10.8 Å². The molecule has 0 aromatic rings. The number of hydrazone groups is 1. The second-order valence-corrected chi connectivity index (χ2v) is 7.41. The molecule has 10 nitrogen and oxygen atoms in total. The third kappa shape index (κ3) is 6.46. The van der Waals surface area contributed by atoms with Crippen LogP contribution in [0, 0.1) is 16.0 Å². The molecule has 10 heteroatoms. The first kappa shape index (κ1) is 21.1. The van der Waals surface area contributed by atoms with Gasteiger partial charge in [0.05, 0.1) is 12.1 Å². The predicted molar refractivity (Wildman–Crippen MR) is 100 cm³/mol. The Morgan fingerprint density at radius 3 is 2.85 bits per heavy atom. The lowest BCUT2D eigenvalue weighted by Crippen LogP contribution is -2.48. The highest BCUT2D eigenvalue weighted by Crippen LogP contribution is 2.24. The van der Waals surface area contributed by atoms with E-state index >= 15 is 0 Å². The molecule has 0 aliphatic carbocycles. The van der Waals surface area contributed by atoms with Crippen LogP contribution in [0.5, 0.6) is 0 Å². The fourth-order valence-corrected chi connectivity index (χ4v) is 3.83. The number of Topliss-reactive ketones (excluding diaryl/α,β-unsaturated/α-hetero) is 1.